The van der Waals surface area contributed by atoms with E-state index in [1.165, 1.54) is 5.56 Å². The molecular formula is C9H16N2O. The third-order valence-electron chi connectivity index (χ3n) is 1.73. The summed E-state index contributed by atoms with van der Waals surface area (Å²) in [4.78, 5) is 0. The topological polar surface area (TPSA) is 52.0 Å². The van der Waals surface area contributed by atoms with Crippen LogP contribution in [0.2, 0.25) is 0 Å². The molecule has 12 heavy (non-hydrogen) atoms. The van der Waals surface area contributed by atoms with E-state index < -0.39 is 0 Å². The average molecular weight is 168 g/mol. The largest absolute Gasteiger partial charge is 0.361 e. The van der Waals surface area contributed by atoms with Crippen molar-refractivity contribution in [1.82, 2.24) is 5.16 Å². The second kappa shape index (κ2) is 4.26. The molecule has 68 valence electrons. The molecule has 1 aromatic rings. The molecular weight excluding hydrogens is 152 g/mol. The van der Waals surface area contributed by atoms with Crippen LogP contribution in [0.1, 0.15) is 25.2 Å². The number of hydrogen-bond acceptors (Lipinski definition) is 3. The molecule has 3 nitrogen and oxygen atoms in total. The lowest BCUT2D eigenvalue weighted by Crippen LogP contribution is -2.04. The van der Waals surface area contributed by atoms with Crippen LogP contribution in [0.25, 0.3) is 0 Å². The first-order valence-electron chi connectivity index (χ1n) is 4.36. The van der Waals surface area contributed by atoms with Crippen molar-refractivity contribution in [2.45, 2.75) is 26.7 Å². The first-order valence-corrected chi connectivity index (χ1v) is 4.36. The number of aromatic nitrogens is 1. The zero-order valence-electron chi connectivity index (χ0n) is 7.71. The zero-order chi connectivity index (χ0) is 8.97. The van der Waals surface area contributed by atoms with Crippen molar-refractivity contribution >= 4 is 0 Å². The summed E-state index contributed by atoms with van der Waals surface area (Å²) in [5.41, 5.74) is 6.64. The predicted molar refractivity (Wildman–Crippen MR) is 47.8 cm³/mol. The third kappa shape index (κ3) is 2.34. The number of hydrogen-bond donors (Lipinski definition) is 1. The van der Waals surface area contributed by atoms with Crippen LogP contribution in [0.15, 0.2) is 10.7 Å². The minimum atomic E-state index is 0.625. The van der Waals surface area contributed by atoms with Gasteiger partial charge in [0.15, 0.2) is 0 Å². The molecule has 0 aliphatic rings. The molecule has 0 aliphatic heterocycles. The molecule has 0 amide bonds. The highest BCUT2D eigenvalue weighted by molar-refractivity contribution is 5.14. The Hall–Kier alpha value is -0.830. The van der Waals surface area contributed by atoms with E-state index in [0.29, 0.717) is 12.5 Å². The molecule has 1 rings (SSSR count). The second-order valence-electron chi connectivity index (χ2n) is 3.41. The van der Waals surface area contributed by atoms with Crippen LogP contribution in [-0.4, -0.2) is 11.7 Å². The van der Waals surface area contributed by atoms with Gasteiger partial charge in [0.1, 0.15) is 5.76 Å². The van der Waals surface area contributed by atoms with Crippen molar-refractivity contribution < 1.29 is 4.52 Å². The molecule has 0 saturated heterocycles. The van der Waals surface area contributed by atoms with E-state index in [-0.39, 0.29) is 0 Å². The second-order valence-corrected chi connectivity index (χ2v) is 3.41. The van der Waals surface area contributed by atoms with Crippen molar-refractivity contribution in [3.8, 4) is 0 Å². The minimum Gasteiger partial charge on any atom is -0.361 e. The van der Waals surface area contributed by atoms with E-state index in [0.717, 1.165) is 18.6 Å². The van der Waals surface area contributed by atoms with Gasteiger partial charge in [-0.3, -0.25) is 0 Å². The summed E-state index contributed by atoms with van der Waals surface area (Å²) in [6, 6.07) is 0. The van der Waals surface area contributed by atoms with Gasteiger partial charge < -0.3 is 10.3 Å². The van der Waals surface area contributed by atoms with Gasteiger partial charge in [0.05, 0.1) is 6.20 Å². The molecule has 2 N–H and O–H groups in total. The fourth-order valence-electron chi connectivity index (χ4n) is 1.23. The molecule has 0 saturated carbocycles. The molecule has 3 heteroatoms. The summed E-state index contributed by atoms with van der Waals surface area (Å²) in [5, 5.41) is 3.76. The highest BCUT2D eigenvalue weighted by atomic mass is 16.5. The van der Waals surface area contributed by atoms with Gasteiger partial charge >= 0.3 is 0 Å². The smallest absolute Gasteiger partial charge is 0.141 e. The Morgan fingerprint density at radius 1 is 1.58 bits per heavy atom. The highest BCUT2D eigenvalue weighted by Crippen LogP contribution is 2.13. The van der Waals surface area contributed by atoms with Crippen molar-refractivity contribution in [3.05, 3.63) is 17.5 Å². The molecule has 0 radical (unpaired) electrons. The van der Waals surface area contributed by atoms with Gasteiger partial charge in [-0.1, -0.05) is 19.0 Å². The summed E-state index contributed by atoms with van der Waals surface area (Å²) in [6.07, 6.45) is 3.62. The van der Waals surface area contributed by atoms with E-state index in [2.05, 4.69) is 19.0 Å². The van der Waals surface area contributed by atoms with Crippen molar-refractivity contribution in [2.75, 3.05) is 6.54 Å². The molecule has 1 heterocycles. The summed E-state index contributed by atoms with van der Waals surface area (Å²) in [5.74, 6) is 1.59. The predicted octanol–water partition coefficient (Wildman–Crippen LogP) is 1.37. The van der Waals surface area contributed by atoms with Crippen molar-refractivity contribution in [2.24, 2.45) is 11.7 Å². The van der Waals surface area contributed by atoms with Crippen LogP contribution in [0.4, 0.5) is 0 Å². The first-order chi connectivity index (χ1) is 5.74. The van der Waals surface area contributed by atoms with E-state index in [9.17, 15) is 0 Å². The first kappa shape index (κ1) is 9.26. The van der Waals surface area contributed by atoms with Crippen LogP contribution < -0.4 is 5.73 Å². The number of nitrogens with two attached hydrogens (primary N) is 1. The Balaban J connectivity index is 2.63. The van der Waals surface area contributed by atoms with Crippen molar-refractivity contribution in [3.63, 3.8) is 0 Å². The van der Waals surface area contributed by atoms with Crippen LogP contribution >= 0.6 is 0 Å². The normalized spacial score (nSPS) is 11.0. The summed E-state index contributed by atoms with van der Waals surface area (Å²) < 4.78 is 5.08. The lowest BCUT2D eigenvalue weighted by atomic mass is 10.0. The van der Waals surface area contributed by atoms with E-state index >= 15 is 0 Å². The average Bonchev–Trinajstić information content (AvgIpc) is 2.37. The monoisotopic (exact) mass is 168 g/mol. The zero-order valence-corrected chi connectivity index (χ0v) is 7.71. The third-order valence-corrected chi connectivity index (χ3v) is 1.73. The highest BCUT2D eigenvalue weighted by Gasteiger charge is 2.08. The fourth-order valence-corrected chi connectivity index (χ4v) is 1.23. The lowest BCUT2D eigenvalue weighted by molar-refractivity contribution is 0.382. The number of rotatable bonds is 4. The maximum Gasteiger partial charge on any atom is 0.141 e. The Kier molecular flexibility index (Phi) is 3.29. The van der Waals surface area contributed by atoms with E-state index in [1.54, 1.807) is 6.20 Å². The van der Waals surface area contributed by atoms with Gasteiger partial charge in [-0.25, -0.2) is 0 Å². The Morgan fingerprint density at radius 2 is 2.33 bits per heavy atom. The Bertz CT molecular complexity index is 230. The summed E-state index contributed by atoms with van der Waals surface area (Å²) in [6.45, 7) is 4.98. The Morgan fingerprint density at radius 3 is 2.92 bits per heavy atom. The molecule has 0 atom stereocenters. The SMILES string of the molecule is CC(C)Cc1cnoc1CCN. The molecule has 0 aromatic carbocycles. The number of nitrogens with zero attached hydrogens (tertiary/aromatic N) is 1. The maximum atomic E-state index is 5.43. The summed E-state index contributed by atoms with van der Waals surface area (Å²) >= 11 is 0. The molecule has 0 aliphatic carbocycles. The van der Waals surface area contributed by atoms with Crippen molar-refractivity contribution in [1.29, 1.82) is 0 Å². The van der Waals surface area contributed by atoms with Gasteiger partial charge in [-0.2, -0.15) is 0 Å². The molecule has 1 aromatic heterocycles. The van der Waals surface area contributed by atoms with Gasteiger partial charge in [0.2, 0.25) is 0 Å². The van der Waals surface area contributed by atoms with Crippen LogP contribution in [0.3, 0.4) is 0 Å². The van der Waals surface area contributed by atoms with Gasteiger partial charge in [0.25, 0.3) is 0 Å². The van der Waals surface area contributed by atoms with Crippen LogP contribution in [-0.2, 0) is 12.8 Å². The van der Waals surface area contributed by atoms with Gasteiger partial charge in [0, 0.05) is 12.0 Å². The Labute approximate surface area is 72.9 Å². The fraction of sp³-hybridized carbons (Fsp3) is 0.667. The van der Waals surface area contributed by atoms with Gasteiger partial charge in [-0.15, -0.1) is 0 Å². The van der Waals surface area contributed by atoms with Crippen LogP contribution in [0, 0.1) is 5.92 Å². The summed E-state index contributed by atoms with van der Waals surface area (Å²) in [7, 11) is 0. The quantitative estimate of drug-likeness (QED) is 0.738. The molecule has 0 unspecified atom stereocenters. The minimum absolute atomic E-state index is 0.625. The standard InChI is InChI=1S/C9H16N2O/c1-7(2)5-8-6-11-12-9(8)3-4-10/h6-7H,3-5,10H2,1-2H3. The molecule has 0 spiro atoms. The van der Waals surface area contributed by atoms with E-state index in [1.807, 2.05) is 0 Å². The molecule has 0 fully saturated rings. The van der Waals surface area contributed by atoms with Crippen LogP contribution in [0.5, 0.6) is 0 Å². The van der Waals surface area contributed by atoms with E-state index in [4.69, 9.17) is 10.3 Å². The lowest BCUT2D eigenvalue weighted by Gasteiger charge is -2.02. The maximum absolute atomic E-state index is 5.43. The van der Waals surface area contributed by atoms with Gasteiger partial charge in [-0.05, 0) is 18.9 Å². The molecule has 0 bridgehead atoms.